The fraction of sp³-hybridized carbons (Fsp3) is 0.364. The summed E-state index contributed by atoms with van der Waals surface area (Å²) in [6.07, 6.45) is 1.38. The quantitative estimate of drug-likeness (QED) is 0.815. The van der Waals surface area contributed by atoms with Gasteiger partial charge < -0.3 is 10.2 Å². The van der Waals surface area contributed by atoms with E-state index in [9.17, 15) is 14.0 Å². The van der Waals surface area contributed by atoms with Crippen LogP contribution < -0.4 is 10.2 Å². The van der Waals surface area contributed by atoms with Crippen LogP contribution in [-0.2, 0) is 11.3 Å². The van der Waals surface area contributed by atoms with Crippen LogP contribution in [0.5, 0.6) is 0 Å². The highest BCUT2D eigenvalue weighted by molar-refractivity contribution is 6.00. The van der Waals surface area contributed by atoms with E-state index in [4.69, 9.17) is 0 Å². The fourth-order valence-electron chi connectivity index (χ4n) is 3.55. The molecule has 27 heavy (non-hydrogen) atoms. The van der Waals surface area contributed by atoms with Gasteiger partial charge in [-0.15, -0.1) is 0 Å². The summed E-state index contributed by atoms with van der Waals surface area (Å²) in [7, 11) is 0. The largest absolute Gasteiger partial charge is 0.371 e. The van der Waals surface area contributed by atoms with Crippen molar-refractivity contribution in [3.8, 4) is 0 Å². The molecular formula is C22H25FN2O2. The van der Waals surface area contributed by atoms with Gasteiger partial charge >= 0.3 is 0 Å². The number of anilines is 1. The van der Waals surface area contributed by atoms with Gasteiger partial charge in [0.2, 0.25) is 5.91 Å². The topological polar surface area (TPSA) is 49.4 Å². The average Bonchev–Trinajstić information content (AvgIpc) is 2.67. The number of nitrogens with zero attached hydrogens (tertiary/aromatic N) is 1. The van der Waals surface area contributed by atoms with E-state index >= 15 is 0 Å². The number of nitrogens with one attached hydrogen (secondary N) is 1. The van der Waals surface area contributed by atoms with Crippen molar-refractivity contribution < 1.29 is 14.0 Å². The van der Waals surface area contributed by atoms with Crippen LogP contribution in [0, 0.1) is 18.7 Å². The van der Waals surface area contributed by atoms with E-state index in [0.717, 1.165) is 5.56 Å². The number of rotatable bonds is 5. The number of benzene rings is 2. The Labute approximate surface area is 159 Å². The summed E-state index contributed by atoms with van der Waals surface area (Å²) in [5, 5.41) is 3.01. The molecule has 1 fully saturated rings. The molecule has 0 atom stereocenters. The molecule has 0 saturated carbocycles. The Hall–Kier alpha value is -2.69. The monoisotopic (exact) mass is 368 g/mol. The number of piperidine rings is 1. The maximum absolute atomic E-state index is 14.0. The zero-order valence-electron chi connectivity index (χ0n) is 15.8. The molecule has 1 amide bonds. The third-order valence-corrected chi connectivity index (χ3v) is 5.14. The minimum atomic E-state index is -0.488. The Morgan fingerprint density at radius 1 is 1.11 bits per heavy atom. The van der Waals surface area contributed by atoms with Gasteiger partial charge in [0, 0.05) is 25.6 Å². The smallest absolute Gasteiger partial charge is 0.223 e. The molecule has 2 aromatic rings. The van der Waals surface area contributed by atoms with Crippen molar-refractivity contribution in [2.24, 2.45) is 5.92 Å². The van der Waals surface area contributed by atoms with Gasteiger partial charge in [0.15, 0.2) is 5.78 Å². The summed E-state index contributed by atoms with van der Waals surface area (Å²) in [6.45, 7) is 5.20. The molecule has 1 heterocycles. The number of carbonyl (C=O) groups excluding carboxylic acids is 2. The van der Waals surface area contributed by atoms with E-state index in [1.54, 1.807) is 12.1 Å². The number of halogens is 1. The highest BCUT2D eigenvalue weighted by atomic mass is 19.1. The Morgan fingerprint density at radius 2 is 1.78 bits per heavy atom. The first-order valence-electron chi connectivity index (χ1n) is 9.33. The van der Waals surface area contributed by atoms with Crippen LogP contribution in [0.25, 0.3) is 0 Å². The third kappa shape index (κ3) is 4.54. The number of ketones is 1. The zero-order chi connectivity index (χ0) is 19.4. The van der Waals surface area contributed by atoms with E-state index in [1.165, 1.54) is 18.6 Å². The van der Waals surface area contributed by atoms with Gasteiger partial charge in [0.25, 0.3) is 0 Å². The molecule has 0 aliphatic carbocycles. The van der Waals surface area contributed by atoms with Crippen molar-refractivity contribution in [1.82, 2.24) is 5.32 Å². The Balaban J connectivity index is 1.57. The third-order valence-electron chi connectivity index (χ3n) is 5.14. The van der Waals surface area contributed by atoms with E-state index in [0.29, 0.717) is 38.2 Å². The number of hydrogen-bond donors (Lipinski definition) is 1. The second-order valence-electron chi connectivity index (χ2n) is 7.15. The molecule has 0 unspecified atom stereocenters. The molecule has 5 heteroatoms. The molecule has 0 aromatic heterocycles. The van der Waals surface area contributed by atoms with Crippen LogP contribution >= 0.6 is 0 Å². The fourth-order valence-corrected chi connectivity index (χ4v) is 3.55. The normalized spacial score (nSPS) is 14.9. The molecule has 142 valence electrons. The van der Waals surface area contributed by atoms with Crippen molar-refractivity contribution in [3.05, 3.63) is 65.0 Å². The number of hydrogen-bond acceptors (Lipinski definition) is 3. The van der Waals surface area contributed by atoms with E-state index in [1.807, 2.05) is 36.1 Å². The van der Waals surface area contributed by atoms with Gasteiger partial charge in [-0.3, -0.25) is 9.59 Å². The van der Waals surface area contributed by atoms with E-state index in [2.05, 4.69) is 5.32 Å². The van der Waals surface area contributed by atoms with Crippen LogP contribution in [0.1, 0.15) is 41.3 Å². The second-order valence-corrected chi connectivity index (χ2v) is 7.15. The maximum atomic E-state index is 14.0. The van der Waals surface area contributed by atoms with Gasteiger partial charge in [-0.1, -0.05) is 35.9 Å². The lowest BCUT2D eigenvalue weighted by atomic mass is 9.94. The van der Waals surface area contributed by atoms with Crippen LogP contribution in [0.4, 0.5) is 10.1 Å². The maximum Gasteiger partial charge on any atom is 0.223 e. The van der Waals surface area contributed by atoms with Crippen LogP contribution in [0.2, 0.25) is 0 Å². The molecule has 1 aliphatic heterocycles. The lowest BCUT2D eigenvalue weighted by molar-refractivity contribution is -0.125. The molecule has 1 aliphatic rings. The predicted molar refractivity (Wildman–Crippen MR) is 104 cm³/mol. The molecular weight excluding hydrogens is 343 g/mol. The average molecular weight is 368 g/mol. The van der Waals surface area contributed by atoms with Gasteiger partial charge in [0.05, 0.1) is 11.3 Å². The van der Waals surface area contributed by atoms with Crippen LogP contribution in [0.3, 0.4) is 0 Å². The first kappa shape index (κ1) is 19.1. The molecule has 0 bridgehead atoms. The molecule has 3 rings (SSSR count). The van der Waals surface area contributed by atoms with Crippen molar-refractivity contribution in [3.63, 3.8) is 0 Å². The highest BCUT2D eigenvalue weighted by Gasteiger charge is 2.27. The predicted octanol–water partition coefficient (Wildman–Crippen LogP) is 3.87. The lowest BCUT2D eigenvalue weighted by Crippen LogP contribution is -2.40. The second kappa shape index (κ2) is 8.33. The summed E-state index contributed by atoms with van der Waals surface area (Å²) < 4.78 is 14.0. The number of Topliss-reactive ketones (excluding diaryl/α,β-unsaturated/α-hetero) is 1. The van der Waals surface area contributed by atoms with Crippen molar-refractivity contribution >= 4 is 17.4 Å². The summed E-state index contributed by atoms with van der Waals surface area (Å²) in [5.41, 5.74) is 3.04. The molecule has 0 spiro atoms. The van der Waals surface area contributed by atoms with Gasteiger partial charge in [-0.05, 0) is 44.4 Å². The van der Waals surface area contributed by atoms with Crippen molar-refractivity contribution in [2.45, 2.75) is 33.2 Å². The molecule has 1 N–H and O–H groups in total. The van der Waals surface area contributed by atoms with E-state index in [-0.39, 0.29) is 23.2 Å². The zero-order valence-corrected chi connectivity index (χ0v) is 15.8. The van der Waals surface area contributed by atoms with Gasteiger partial charge in [-0.25, -0.2) is 4.39 Å². The number of carbonyl (C=O) groups is 2. The first-order chi connectivity index (χ1) is 13.0. The molecule has 0 radical (unpaired) electrons. The van der Waals surface area contributed by atoms with Gasteiger partial charge in [0.1, 0.15) is 5.82 Å². The number of aryl methyl sites for hydroxylation is 1. The Morgan fingerprint density at radius 3 is 2.41 bits per heavy atom. The van der Waals surface area contributed by atoms with Crippen molar-refractivity contribution in [1.29, 1.82) is 0 Å². The van der Waals surface area contributed by atoms with Crippen LogP contribution in [0.15, 0.2) is 42.5 Å². The standard InChI is InChI=1S/C22H25FN2O2/c1-15-6-8-17(9-7-15)14-24-22(27)18-10-12-25(13-11-18)20-5-3-4-19(23)21(20)16(2)26/h3-9,18H,10-14H2,1-2H3,(H,24,27). The number of amides is 1. The summed E-state index contributed by atoms with van der Waals surface area (Å²) in [5.74, 6) is -0.763. The molecule has 4 nitrogen and oxygen atoms in total. The minimum absolute atomic E-state index is 0.0546. The molecule has 1 saturated heterocycles. The summed E-state index contributed by atoms with van der Waals surface area (Å²) in [4.78, 5) is 26.3. The SMILES string of the molecule is CC(=O)c1c(F)cccc1N1CCC(C(=O)NCc2ccc(C)cc2)CC1. The summed E-state index contributed by atoms with van der Waals surface area (Å²) >= 11 is 0. The highest BCUT2D eigenvalue weighted by Crippen LogP contribution is 2.28. The Bertz CT molecular complexity index is 825. The first-order valence-corrected chi connectivity index (χ1v) is 9.33. The van der Waals surface area contributed by atoms with E-state index < -0.39 is 5.82 Å². The minimum Gasteiger partial charge on any atom is -0.371 e. The lowest BCUT2D eigenvalue weighted by Gasteiger charge is -2.34. The Kier molecular flexibility index (Phi) is 5.89. The van der Waals surface area contributed by atoms with Gasteiger partial charge in [-0.2, -0.15) is 0 Å². The molecule has 2 aromatic carbocycles. The van der Waals surface area contributed by atoms with Crippen LogP contribution in [-0.4, -0.2) is 24.8 Å². The summed E-state index contributed by atoms with van der Waals surface area (Å²) in [6, 6.07) is 12.8. The van der Waals surface area contributed by atoms with Crippen molar-refractivity contribution in [2.75, 3.05) is 18.0 Å².